The van der Waals surface area contributed by atoms with Gasteiger partial charge in [-0.25, -0.2) is 4.98 Å². The van der Waals surface area contributed by atoms with Crippen LogP contribution in [0.4, 0.5) is 5.69 Å². The first-order chi connectivity index (χ1) is 15.5. The van der Waals surface area contributed by atoms with E-state index in [4.69, 9.17) is 9.72 Å². The van der Waals surface area contributed by atoms with Gasteiger partial charge in [-0.05, 0) is 37.1 Å². The van der Waals surface area contributed by atoms with Crippen molar-refractivity contribution >= 4 is 38.9 Å². The SMILES string of the molecule is COc1ccc(-c2c(C(C)=O)c(C)nc3sc4c(c23)N[C@H](c2ccccc2)NC4=O)cc1. The second-order valence-corrected chi connectivity index (χ2v) is 8.68. The number of ketones is 1. The molecule has 4 aromatic rings. The molecule has 0 spiro atoms. The van der Waals surface area contributed by atoms with Gasteiger partial charge in [0.05, 0.1) is 18.5 Å². The van der Waals surface area contributed by atoms with Crippen molar-refractivity contribution in [3.8, 4) is 16.9 Å². The number of methoxy groups -OCH3 is 1. The first-order valence-electron chi connectivity index (χ1n) is 10.2. The average molecular weight is 444 g/mol. The van der Waals surface area contributed by atoms with Gasteiger partial charge in [-0.2, -0.15) is 0 Å². The van der Waals surface area contributed by atoms with E-state index in [0.29, 0.717) is 21.8 Å². The Morgan fingerprint density at radius 2 is 1.78 bits per heavy atom. The van der Waals surface area contributed by atoms with Crippen LogP contribution in [-0.4, -0.2) is 23.8 Å². The largest absolute Gasteiger partial charge is 0.497 e. The predicted octanol–water partition coefficient (Wildman–Crippen LogP) is 5.34. The molecule has 0 saturated carbocycles. The molecular formula is C25H21N3O3S. The first kappa shape index (κ1) is 20.2. The van der Waals surface area contributed by atoms with E-state index < -0.39 is 0 Å². The Morgan fingerprint density at radius 1 is 1.06 bits per heavy atom. The van der Waals surface area contributed by atoms with E-state index in [1.54, 1.807) is 14.0 Å². The summed E-state index contributed by atoms with van der Waals surface area (Å²) in [7, 11) is 1.62. The number of carbonyl (C=O) groups is 2. The molecule has 160 valence electrons. The molecule has 0 bridgehead atoms. The zero-order valence-electron chi connectivity index (χ0n) is 17.9. The number of amides is 1. The summed E-state index contributed by atoms with van der Waals surface area (Å²) in [6, 6.07) is 17.3. The highest BCUT2D eigenvalue weighted by molar-refractivity contribution is 7.21. The molecule has 2 aromatic heterocycles. The predicted molar refractivity (Wildman–Crippen MR) is 127 cm³/mol. The number of Topliss-reactive ketones (excluding diaryl/α,β-unsaturated/α-hetero) is 1. The number of aromatic nitrogens is 1. The maximum absolute atomic E-state index is 13.0. The van der Waals surface area contributed by atoms with E-state index in [0.717, 1.165) is 32.7 Å². The number of rotatable bonds is 4. The minimum absolute atomic E-state index is 0.0671. The summed E-state index contributed by atoms with van der Waals surface area (Å²) in [5, 5.41) is 7.31. The number of aryl methyl sites for hydroxylation is 1. The van der Waals surface area contributed by atoms with E-state index in [-0.39, 0.29) is 17.9 Å². The Morgan fingerprint density at radius 3 is 2.44 bits per heavy atom. The van der Waals surface area contributed by atoms with Crippen LogP contribution in [0.15, 0.2) is 54.6 Å². The van der Waals surface area contributed by atoms with Crippen molar-refractivity contribution in [2.45, 2.75) is 20.0 Å². The summed E-state index contributed by atoms with van der Waals surface area (Å²) in [6.07, 6.45) is -0.375. The van der Waals surface area contributed by atoms with Gasteiger partial charge in [-0.3, -0.25) is 9.59 Å². The Balaban J connectivity index is 1.79. The number of pyridine rings is 1. The van der Waals surface area contributed by atoms with Crippen LogP contribution in [0.25, 0.3) is 21.3 Å². The molecule has 32 heavy (non-hydrogen) atoms. The Kier molecular flexibility index (Phi) is 4.90. The van der Waals surface area contributed by atoms with Crippen LogP contribution in [0.3, 0.4) is 0 Å². The van der Waals surface area contributed by atoms with Crippen LogP contribution in [0.5, 0.6) is 5.75 Å². The molecule has 0 unspecified atom stereocenters. The minimum atomic E-state index is -0.375. The van der Waals surface area contributed by atoms with Crippen LogP contribution in [-0.2, 0) is 0 Å². The molecule has 0 aliphatic carbocycles. The van der Waals surface area contributed by atoms with Crippen LogP contribution < -0.4 is 15.4 Å². The molecule has 0 fully saturated rings. The van der Waals surface area contributed by atoms with Gasteiger partial charge in [0.2, 0.25) is 0 Å². The molecule has 7 heteroatoms. The average Bonchev–Trinajstić information content (AvgIpc) is 3.17. The van der Waals surface area contributed by atoms with Crippen LogP contribution in [0, 0.1) is 6.92 Å². The summed E-state index contributed by atoms with van der Waals surface area (Å²) in [5.41, 5.74) is 4.53. The highest BCUT2D eigenvalue weighted by atomic mass is 32.1. The maximum Gasteiger partial charge on any atom is 0.265 e. The number of thiophene rings is 1. The molecule has 3 heterocycles. The number of carbonyl (C=O) groups excluding carboxylic acids is 2. The fourth-order valence-electron chi connectivity index (χ4n) is 4.21. The van der Waals surface area contributed by atoms with E-state index >= 15 is 0 Å². The highest BCUT2D eigenvalue weighted by Gasteiger charge is 2.32. The molecule has 1 amide bonds. The topological polar surface area (TPSA) is 80.3 Å². The zero-order chi connectivity index (χ0) is 22.4. The number of nitrogens with zero attached hydrogens (tertiary/aromatic N) is 1. The van der Waals surface area contributed by atoms with Gasteiger partial charge in [-0.15, -0.1) is 11.3 Å². The summed E-state index contributed by atoms with van der Waals surface area (Å²) in [4.78, 5) is 31.7. The number of nitrogens with one attached hydrogen (secondary N) is 2. The third kappa shape index (κ3) is 3.22. The fourth-order valence-corrected chi connectivity index (χ4v) is 5.30. The van der Waals surface area contributed by atoms with Gasteiger partial charge in [0.15, 0.2) is 5.78 Å². The number of benzene rings is 2. The van der Waals surface area contributed by atoms with Crippen molar-refractivity contribution in [3.63, 3.8) is 0 Å². The lowest BCUT2D eigenvalue weighted by Crippen LogP contribution is -2.37. The van der Waals surface area contributed by atoms with Gasteiger partial charge < -0.3 is 15.4 Å². The van der Waals surface area contributed by atoms with Gasteiger partial charge >= 0.3 is 0 Å². The Bertz CT molecular complexity index is 1360. The zero-order valence-corrected chi connectivity index (χ0v) is 18.7. The smallest absolute Gasteiger partial charge is 0.265 e. The number of fused-ring (bicyclic) bond motifs is 3. The number of ether oxygens (including phenoxy) is 1. The van der Waals surface area contributed by atoms with Gasteiger partial charge in [-0.1, -0.05) is 42.5 Å². The van der Waals surface area contributed by atoms with Crippen LogP contribution in [0.2, 0.25) is 0 Å². The molecule has 1 aliphatic rings. The second kappa shape index (κ2) is 7.76. The number of anilines is 1. The van der Waals surface area contributed by atoms with E-state index in [2.05, 4.69) is 10.6 Å². The van der Waals surface area contributed by atoms with Gasteiger partial charge in [0.1, 0.15) is 21.6 Å². The second-order valence-electron chi connectivity index (χ2n) is 7.68. The summed E-state index contributed by atoms with van der Waals surface area (Å²) in [6.45, 7) is 3.39. The third-order valence-corrected chi connectivity index (χ3v) is 6.74. The number of hydrogen-bond acceptors (Lipinski definition) is 6. The summed E-state index contributed by atoms with van der Waals surface area (Å²) in [5.74, 6) is 0.509. The molecule has 1 atom stereocenters. The molecule has 2 N–H and O–H groups in total. The van der Waals surface area contributed by atoms with Crippen LogP contribution in [0.1, 0.15) is 44.4 Å². The van der Waals surface area contributed by atoms with Crippen molar-refractivity contribution in [3.05, 3.63) is 76.3 Å². The van der Waals surface area contributed by atoms with Crippen molar-refractivity contribution in [1.82, 2.24) is 10.3 Å². The van der Waals surface area contributed by atoms with E-state index in [1.165, 1.54) is 11.3 Å². The van der Waals surface area contributed by atoms with Crippen molar-refractivity contribution in [2.75, 3.05) is 12.4 Å². The normalized spacial score (nSPS) is 15.1. The minimum Gasteiger partial charge on any atom is -0.497 e. The lowest BCUT2D eigenvalue weighted by atomic mass is 9.93. The fraction of sp³-hybridized carbons (Fsp3) is 0.160. The van der Waals surface area contributed by atoms with E-state index in [1.807, 2.05) is 61.5 Å². The highest BCUT2D eigenvalue weighted by Crippen LogP contribution is 2.46. The quantitative estimate of drug-likeness (QED) is 0.416. The van der Waals surface area contributed by atoms with Crippen molar-refractivity contribution in [2.24, 2.45) is 0 Å². The molecule has 0 radical (unpaired) electrons. The van der Waals surface area contributed by atoms with Gasteiger partial charge in [0.25, 0.3) is 5.91 Å². The molecule has 6 nitrogen and oxygen atoms in total. The first-order valence-corrected chi connectivity index (χ1v) is 11.0. The van der Waals surface area contributed by atoms with E-state index in [9.17, 15) is 9.59 Å². The van der Waals surface area contributed by atoms with Crippen molar-refractivity contribution in [1.29, 1.82) is 0 Å². The molecule has 2 aromatic carbocycles. The molecule has 0 saturated heterocycles. The molecule has 5 rings (SSSR count). The van der Waals surface area contributed by atoms with Gasteiger partial charge in [0, 0.05) is 16.5 Å². The number of hydrogen-bond donors (Lipinski definition) is 2. The molecular weight excluding hydrogens is 422 g/mol. The standard InChI is InChI=1S/C25H21N3O3S/c1-13-18(14(2)29)19(15-9-11-17(31-3)12-10-15)20-21-22(32-25(20)26-13)24(30)28-23(27-21)16-7-5-4-6-8-16/h4-12,23,27H,1-3H3,(H,28,30)/t23-/m0/s1. The Labute approximate surface area is 189 Å². The third-order valence-electron chi connectivity index (χ3n) is 5.65. The monoisotopic (exact) mass is 443 g/mol. The lowest BCUT2D eigenvalue weighted by molar-refractivity contribution is 0.0939. The lowest BCUT2D eigenvalue weighted by Gasteiger charge is -2.27. The Hall–Kier alpha value is -3.71. The van der Waals surface area contributed by atoms with Crippen molar-refractivity contribution < 1.29 is 14.3 Å². The summed E-state index contributed by atoms with van der Waals surface area (Å²) < 4.78 is 5.30. The molecule has 1 aliphatic heterocycles. The van der Waals surface area contributed by atoms with Crippen LogP contribution >= 0.6 is 11.3 Å². The summed E-state index contributed by atoms with van der Waals surface area (Å²) >= 11 is 1.33. The maximum atomic E-state index is 13.0.